The van der Waals surface area contributed by atoms with Crippen LogP contribution in [0.25, 0.3) is 0 Å². The Kier molecular flexibility index (Phi) is 12.8. The molecule has 0 aliphatic heterocycles. The molecular weight excluding hydrogens is 579 g/mol. The number of ether oxygens (including phenoxy) is 3. The van der Waals surface area contributed by atoms with Crippen LogP contribution in [0.2, 0.25) is 0 Å². The van der Waals surface area contributed by atoms with Crippen LogP contribution in [0.1, 0.15) is 34.6 Å². The highest BCUT2D eigenvalue weighted by molar-refractivity contribution is 5.96. The zero-order valence-electron chi connectivity index (χ0n) is 23.0. The van der Waals surface area contributed by atoms with E-state index in [-0.39, 0.29) is 11.6 Å². The van der Waals surface area contributed by atoms with Crippen molar-refractivity contribution in [3.63, 3.8) is 0 Å². The molecule has 3 rings (SSSR count). The second-order valence-electron chi connectivity index (χ2n) is 8.27. The number of hydrogen-bond acceptors (Lipinski definition) is 9. The summed E-state index contributed by atoms with van der Waals surface area (Å²) in [5.74, 6) is -2.95. The number of alkyl halides is 3. The summed E-state index contributed by atoms with van der Waals surface area (Å²) in [6.45, 7) is 2.97. The van der Waals surface area contributed by atoms with Crippen molar-refractivity contribution in [1.29, 1.82) is 5.41 Å². The molecule has 7 N–H and O–H groups in total. The summed E-state index contributed by atoms with van der Waals surface area (Å²) < 4.78 is 53.3. The second kappa shape index (κ2) is 16.3. The van der Waals surface area contributed by atoms with E-state index in [9.17, 15) is 22.8 Å². The minimum atomic E-state index is -5.08. The molecule has 0 bridgehead atoms. The number of nitrogens with two attached hydrogens (primary N) is 1. The van der Waals surface area contributed by atoms with Crippen molar-refractivity contribution in [3.8, 4) is 11.5 Å². The molecule has 1 heterocycles. The van der Waals surface area contributed by atoms with Gasteiger partial charge < -0.3 is 34.8 Å². The molecule has 13 nitrogen and oxygen atoms in total. The molecule has 16 heteroatoms. The van der Waals surface area contributed by atoms with Crippen molar-refractivity contribution < 1.29 is 51.3 Å². The van der Waals surface area contributed by atoms with E-state index in [0.29, 0.717) is 48.1 Å². The zero-order valence-corrected chi connectivity index (χ0v) is 23.0. The number of benzene rings is 2. The Bertz CT molecular complexity index is 1370. The quantitative estimate of drug-likeness (QED) is 0.0767. The van der Waals surface area contributed by atoms with Crippen molar-refractivity contribution in [1.82, 2.24) is 10.9 Å². The SMILES string of the molecule is CCOc1cc(C(Nc2ccc(C(=N)N)cc2)C(=O)NNC(=O)c2ccco2)ccc1OCCOC.O=C(O)C(F)(F)F. The molecule has 232 valence electrons. The van der Waals surface area contributed by atoms with Gasteiger partial charge in [-0.25, -0.2) is 4.79 Å². The maximum absolute atomic E-state index is 13.2. The standard InChI is InChI=1S/C25H29N5O6.C2HF3O2/c1-3-34-21-15-17(8-11-19(21)36-14-13-33-2)22(28-18-9-6-16(7-10-18)23(26)27)25(32)30-29-24(31)20-5-4-12-35-20;3-2(4,5)1(6)7/h4-12,15,22,28H,3,13-14H2,1-2H3,(H3,26,27)(H,29,31)(H,30,32);(H,6,7). The van der Waals surface area contributed by atoms with Crippen LogP contribution in [-0.2, 0) is 14.3 Å². The van der Waals surface area contributed by atoms with Crippen LogP contribution in [0, 0.1) is 5.41 Å². The van der Waals surface area contributed by atoms with Crippen molar-refractivity contribution in [2.45, 2.75) is 19.1 Å². The number of furan rings is 1. The number of aliphatic carboxylic acids is 1. The maximum atomic E-state index is 13.2. The molecule has 0 spiro atoms. The minimum absolute atomic E-state index is 0.0517. The Morgan fingerprint density at radius 1 is 1.02 bits per heavy atom. The number of hydrogen-bond donors (Lipinski definition) is 6. The number of halogens is 3. The van der Waals surface area contributed by atoms with Gasteiger partial charge in [0.05, 0.1) is 19.5 Å². The number of methoxy groups -OCH3 is 1. The molecule has 0 saturated heterocycles. The maximum Gasteiger partial charge on any atom is 0.490 e. The highest BCUT2D eigenvalue weighted by Gasteiger charge is 2.38. The Morgan fingerprint density at radius 2 is 1.70 bits per heavy atom. The number of amidine groups is 1. The van der Waals surface area contributed by atoms with E-state index in [2.05, 4.69) is 16.2 Å². The fourth-order valence-corrected chi connectivity index (χ4v) is 3.20. The third-order valence-corrected chi connectivity index (χ3v) is 5.20. The summed E-state index contributed by atoms with van der Waals surface area (Å²) >= 11 is 0. The van der Waals surface area contributed by atoms with Gasteiger partial charge >= 0.3 is 18.1 Å². The fourth-order valence-electron chi connectivity index (χ4n) is 3.20. The fraction of sp³-hybridized carbons (Fsp3) is 0.259. The topological polar surface area (TPSA) is 198 Å². The largest absolute Gasteiger partial charge is 0.490 e. The number of nitrogens with one attached hydrogen (secondary N) is 4. The molecule has 0 radical (unpaired) electrons. The lowest BCUT2D eigenvalue weighted by molar-refractivity contribution is -0.192. The molecule has 1 atom stereocenters. The third kappa shape index (κ3) is 10.9. The van der Waals surface area contributed by atoms with Crippen molar-refractivity contribution >= 4 is 29.3 Å². The smallest absolute Gasteiger partial charge is 0.490 e. The van der Waals surface area contributed by atoms with Gasteiger partial charge in [-0.3, -0.25) is 25.8 Å². The summed E-state index contributed by atoms with van der Waals surface area (Å²) in [6.07, 6.45) is -3.72. The van der Waals surface area contributed by atoms with Gasteiger partial charge in [-0.2, -0.15) is 13.2 Å². The van der Waals surface area contributed by atoms with Gasteiger partial charge in [0.15, 0.2) is 17.3 Å². The van der Waals surface area contributed by atoms with Crippen LogP contribution in [0.15, 0.2) is 65.3 Å². The van der Waals surface area contributed by atoms with E-state index in [1.54, 1.807) is 55.6 Å². The van der Waals surface area contributed by atoms with E-state index < -0.39 is 30.0 Å². The first-order valence-electron chi connectivity index (χ1n) is 12.4. The summed E-state index contributed by atoms with van der Waals surface area (Å²) in [5, 5.41) is 17.8. The van der Waals surface area contributed by atoms with Gasteiger partial charge in [0.1, 0.15) is 18.5 Å². The predicted octanol–water partition coefficient (Wildman–Crippen LogP) is 3.24. The summed E-state index contributed by atoms with van der Waals surface area (Å²) in [4.78, 5) is 34.3. The number of carboxylic acid groups (broad SMARTS) is 1. The lowest BCUT2D eigenvalue weighted by Gasteiger charge is -2.22. The Labute approximate surface area is 243 Å². The zero-order chi connectivity index (χ0) is 32.0. The molecule has 0 aliphatic rings. The molecular formula is C27H30F3N5O8. The number of carbonyl (C=O) groups is 3. The number of carbonyl (C=O) groups excluding carboxylic acids is 2. The third-order valence-electron chi connectivity index (χ3n) is 5.20. The van der Waals surface area contributed by atoms with Gasteiger partial charge in [-0.1, -0.05) is 6.07 Å². The first kappa shape index (κ1) is 34.0. The molecule has 0 saturated carbocycles. The lowest BCUT2D eigenvalue weighted by Crippen LogP contribution is -2.45. The highest BCUT2D eigenvalue weighted by atomic mass is 19.4. The summed E-state index contributed by atoms with van der Waals surface area (Å²) in [5.41, 5.74) is 12.0. The second-order valence-corrected chi connectivity index (χ2v) is 8.27. The first-order valence-corrected chi connectivity index (χ1v) is 12.4. The van der Waals surface area contributed by atoms with Crippen molar-refractivity contribution in [2.24, 2.45) is 5.73 Å². The number of carboxylic acids is 1. The minimum Gasteiger partial charge on any atom is -0.490 e. The molecule has 0 fully saturated rings. The molecule has 0 aliphatic carbocycles. The van der Waals surface area contributed by atoms with E-state index >= 15 is 0 Å². The predicted molar refractivity (Wildman–Crippen MR) is 147 cm³/mol. The number of amides is 2. The first-order chi connectivity index (χ1) is 20.4. The number of hydrazine groups is 1. The number of rotatable bonds is 12. The lowest BCUT2D eigenvalue weighted by atomic mass is 10.0. The van der Waals surface area contributed by atoms with Crippen molar-refractivity contribution in [3.05, 3.63) is 77.7 Å². The average molecular weight is 610 g/mol. The van der Waals surface area contributed by atoms with E-state index in [1.807, 2.05) is 6.92 Å². The molecule has 3 aromatic rings. The Hall–Kier alpha value is -5.25. The molecule has 1 unspecified atom stereocenters. The monoisotopic (exact) mass is 609 g/mol. The van der Waals surface area contributed by atoms with Crippen LogP contribution in [-0.4, -0.2) is 61.8 Å². The van der Waals surface area contributed by atoms with Gasteiger partial charge in [-0.15, -0.1) is 0 Å². The molecule has 2 aromatic carbocycles. The number of anilines is 1. The van der Waals surface area contributed by atoms with Gasteiger partial charge in [0, 0.05) is 18.4 Å². The van der Waals surface area contributed by atoms with E-state index in [0.717, 1.165) is 0 Å². The normalized spacial score (nSPS) is 11.3. The van der Waals surface area contributed by atoms with Gasteiger partial charge in [0.2, 0.25) is 0 Å². The van der Waals surface area contributed by atoms with Crippen LogP contribution in [0.3, 0.4) is 0 Å². The van der Waals surface area contributed by atoms with Crippen LogP contribution >= 0.6 is 0 Å². The van der Waals surface area contributed by atoms with Crippen LogP contribution < -0.4 is 31.4 Å². The number of nitrogen functional groups attached to an aromatic ring is 1. The molecule has 1 aromatic heterocycles. The summed E-state index contributed by atoms with van der Waals surface area (Å²) in [7, 11) is 1.58. The van der Waals surface area contributed by atoms with E-state index in [4.69, 9.17) is 39.7 Å². The Balaban J connectivity index is 0.000000821. The summed E-state index contributed by atoms with van der Waals surface area (Å²) in [6, 6.07) is 14.0. The molecule has 43 heavy (non-hydrogen) atoms. The van der Waals surface area contributed by atoms with E-state index in [1.165, 1.54) is 12.3 Å². The van der Waals surface area contributed by atoms with Gasteiger partial charge in [0.25, 0.3) is 5.91 Å². The van der Waals surface area contributed by atoms with Crippen LogP contribution in [0.5, 0.6) is 11.5 Å². The van der Waals surface area contributed by atoms with Crippen molar-refractivity contribution in [2.75, 3.05) is 32.2 Å². The Morgan fingerprint density at radius 3 is 2.23 bits per heavy atom. The van der Waals surface area contributed by atoms with Crippen LogP contribution in [0.4, 0.5) is 18.9 Å². The molecule has 2 amide bonds. The highest BCUT2D eigenvalue weighted by Crippen LogP contribution is 2.32. The average Bonchev–Trinajstić information content (AvgIpc) is 3.51. The van der Waals surface area contributed by atoms with Gasteiger partial charge in [-0.05, 0) is 61.0 Å².